The number of hydrogen-bond donors (Lipinski definition) is 1. The highest BCUT2D eigenvalue weighted by atomic mass is 32.1. The van der Waals surface area contributed by atoms with E-state index in [0.29, 0.717) is 0 Å². The van der Waals surface area contributed by atoms with E-state index >= 15 is 0 Å². The van der Waals surface area contributed by atoms with Crippen molar-refractivity contribution >= 4 is 11.3 Å². The molecule has 17 heavy (non-hydrogen) atoms. The Morgan fingerprint density at radius 3 is 2.88 bits per heavy atom. The molecule has 0 radical (unpaired) electrons. The molecule has 2 heterocycles. The van der Waals surface area contributed by atoms with E-state index < -0.39 is 0 Å². The van der Waals surface area contributed by atoms with E-state index in [4.69, 9.17) is 4.74 Å². The second-order valence-electron chi connectivity index (χ2n) is 3.60. The van der Waals surface area contributed by atoms with Gasteiger partial charge in [0.25, 0.3) is 0 Å². The maximum Gasteiger partial charge on any atom is 0.142 e. The van der Waals surface area contributed by atoms with Gasteiger partial charge in [0, 0.05) is 11.6 Å². The number of nitrogens with zero attached hydrogens (tertiary/aromatic N) is 2. The fourth-order valence-electron chi connectivity index (χ4n) is 1.73. The van der Waals surface area contributed by atoms with Crippen LogP contribution in [0.4, 0.5) is 0 Å². The Balaban J connectivity index is 2.41. The molecule has 4 nitrogen and oxygen atoms in total. The highest BCUT2D eigenvalue weighted by Crippen LogP contribution is 2.28. The van der Waals surface area contributed by atoms with Crippen LogP contribution in [-0.2, 0) is 0 Å². The van der Waals surface area contributed by atoms with Crippen LogP contribution >= 0.6 is 11.3 Å². The molecule has 0 aliphatic carbocycles. The van der Waals surface area contributed by atoms with Gasteiger partial charge in [-0.1, -0.05) is 0 Å². The molecule has 1 unspecified atom stereocenters. The van der Waals surface area contributed by atoms with Crippen molar-refractivity contribution in [1.82, 2.24) is 15.3 Å². The molecule has 2 rings (SSSR count). The van der Waals surface area contributed by atoms with Crippen molar-refractivity contribution < 1.29 is 4.74 Å². The molecule has 0 amide bonds. The molecule has 2 aromatic rings. The number of methoxy groups -OCH3 is 1. The van der Waals surface area contributed by atoms with Gasteiger partial charge in [0.1, 0.15) is 11.4 Å². The van der Waals surface area contributed by atoms with Crippen LogP contribution in [-0.4, -0.2) is 24.1 Å². The number of nitrogens with one attached hydrogen (secondary N) is 1. The minimum Gasteiger partial charge on any atom is -0.495 e. The van der Waals surface area contributed by atoms with Gasteiger partial charge in [0.2, 0.25) is 0 Å². The van der Waals surface area contributed by atoms with Gasteiger partial charge in [0.15, 0.2) is 0 Å². The van der Waals surface area contributed by atoms with Crippen molar-refractivity contribution in [3.05, 3.63) is 40.1 Å². The number of rotatable bonds is 4. The number of pyridine rings is 1. The summed E-state index contributed by atoms with van der Waals surface area (Å²) in [5.74, 6) is 0.775. The summed E-state index contributed by atoms with van der Waals surface area (Å²) >= 11 is 1.64. The van der Waals surface area contributed by atoms with Crippen LogP contribution in [0, 0.1) is 6.92 Å². The zero-order valence-electron chi connectivity index (χ0n) is 10.1. The lowest BCUT2D eigenvalue weighted by atomic mass is 10.1. The van der Waals surface area contributed by atoms with Crippen molar-refractivity contribution in [2.75, 3.05) is 14.2 Å². The van der Waals surface area contributed by atoms with Crippen LogP contribution in [0.5, 0.6) is 5.75 Å². The van der Waals surface area contributed by atoms with Crippen LogP contribution in [0.25, 0.3) is 0 Å². The third-order valence-electron chi connectivity index (χ3n) is 2.51. The number of ether oxygens (including phenoxy) is 1. The lowest BCUT2D eigenvalue weighted by Crippen LogP contribution is -2.20. The molecule has 5 heteroatoms. The van der Waals surface area contributed by atoms with E-state index in [2.05, 4.69) is 15.3 Å². The summed E-state index contributed by atoms with van der Waals surface area (Å²) in [4.78, 5) is 8.88. The van der Waals surface area contributed by atoms with Crippen LogP contribution in [0.3, 0.4) is 0 Å². The van der Waals surface area contributed by atoms with E-state index in [1.165, 1.54) is 0 Å². The molecule has 0 aliphatic heterocycles. The molecule has 2 aromatic heterocycles. The number of aromatic nitrogens is 2. The van der Waals surface area contributed by atoms with E-state index in [1.54, 1.807) is 24.6 Å². The minimum absolute atomic E-state index is 0.0314. The fraction of sp³-hybridized carbons (Fsp3) is 0.333. The van der Waals surface area contributed by atoms with Crippen molar-refractivity contribution in [2.24, 2.45) is 0 Å². The Bertz CT molecular complexity index is 498. The monoisotopic (exact) mass is 249 g/mol. The summed E-state index contributed by atoms with van der Waals surface area (Å²) < 4.78 is 5.33. The molecule has 0 aromatic carbocycles. The molecule has 90 valence electrons. The molecule has 0 bridgehead atoms. The van der Waals surface area contributed by atoms with E-state index in [1.807, 2.05) is 31.5 Å². The average molecular weight is 249 g/mol. The zero-order valence-corrected chi connectivity index (χ0v) is 10.9. The average Bonchev–Trinajstić information content (AvgIpc) is 2.77. The first-order valence-electron chi connectivity index (χ1n) is 5.34. The Hall–Kier alpha value is -1.46. The minimum atomic E-state index is -0.0314. The first-order valence-corrected chi connectivity index (χ1v) is 6.22. The summed E-state index contributed by atoms with van der Waals surface area (Å²) in [5.41, 5.74) is 1.84. The highest BCUT2D eigenvalue weighted by molar-refractivity contribution is 7.09. The lowest BCUT2D eigenvalue weighted by Gasteiger charge is -2.16. The van der Waals surface area contributed by atoms with Crippen molar-refractivity contribution in [1.29, 1.82) is 0 Å². The normalized spacial score (nSPS) is 12.4. The van der Waals surface area contributed by atoms with Gasteiger partial charge in [0.05, 0.1) is 23.9 Å². The summed E-state index contributed by atoms with van der Waals surface area (Å²) in [6.45, 7) is 2.00. The smallest absolute Gasteiger partial charge is 0.142 e. The van der Waals surface area contributed by atoms with Gasteiger partial charge in [-0.15, -0.1) is 11.3 Å². The van der Waals surface area contributed by atoms with Crippen LogP contribution < -0.4 is 10.1 Å². The first kappa shape index (κ1) is 12.0. The maximum atomic E-state index is 5.33. The molecular weight excluding hydrogens is 234 g/mol. The molecule has 0 fully saturated rings. The largest absolute Gasteiger partial charge is 0.495 e. The van der Waals surface area contributed by atoms with E-state index in [9.17, 15) is 0 Å². The Morgan fingerprint density at radius 1 is 1.47 bits per heavy atom. The highest BCUT2D eigenvalue weighted by Gasteiger charge is 2.19. The summed E-state index contributed by atoms with van der Waals surface area (Å²) in [5, 5.41) is 6.32. The topological polar surface area (TPSA) is 47.0 Å². The number of hydrogen-bond acceptors (Lipinski definition) is 5. The molecule has 0 spiro atoms. The predicted octanol–water partition coefficient (Wildman–Crippen LogP) is 2.16. The van der Waals surface area contributed by atoms with Gasteiger partial charge in [-0.05, 0) is 26.1 Å². The summed E-state index contributed by atoms with van der Waals surface area (Å²) in [6.07, 6.45) is 1.77. The van der Waals surface area contributed by atoms with Crippen LogP contribution in [0.2, 0.25) is 0 Å². The van der Waals surface area contributed by atoms with Crippen molar-refractivity contribution in [2.45, 2.75) is 13.0 Å². The quantitative estimate of drug-likeness (QED) is 0.902. The van der Waals surface area contributed by atoms with Gasteiger partial charge in [-0.25, -0.2) is 4.98 Å². The van der Waals surface area contributed by atoms with Crippen molar-refractivity contribution in [3.8, 4) is 5.75 Å². The maximum absolute atomic E-state index is 5.33. The molecule has 1 N–H and O–H groups in total. The standard InChI is InChI=1S/C12H15N3OS/c1-8-15-9(7-17-8)11(13-2)12-10(16-3)5-4-6-14-12/h4-7,11,13H,1-3H3. The van der Waals surface area contributed by atoms with Gasteiger partial charge in [-0.3, -0.25) is 4.98 Å². The summed E-state index contributed by atoms with van der Waals surface area (Å²) in [7, 11) is 3.55. The Morgan fingerprint density at radius 2 is 2.29 bits per heavy atom. The third kappa shape index (κ3) is 2.45. The second-order valence-corrected chi connectivity index (χ2v) is 4.67. The predicted molar refractivity (Wildman–Crippen MR) is 68.5 cm³/mol. The zero-order chi connectivity index (χ0) is 12.3. The van der Waals surface area contributed by atoms with E-state index in [0.717, 1.165) is 22.1 Å². The number of aryl methyl sites for hydroxylation is 1. The molecule has 1 atom stereocenters. The van der Waals surface area contributed by atoms with Gasteiger partial charge < -0.3 is 10.1 Å². The fourth-order valence-corrected chi connectivity index (χ4v) is 2.37. The number of thiazole rings is 1. The van der Waals surface area contributed by atoms with Gasteiger partial charge in [-0.2, -0.15) is 0 Å². The Labute approximate surface area is 105 Å². The molecule has 0 saturated heterocycles. The molecule has 0 aliphatic rings. The van der Waals surface area contributed by atoms with Gasteiger partial charge >= 0.3 is 0 Å². The van der Waals surface area contributed by atoms with E-state index in [-0.39, 0.29) is 6.04 Å². The first-order chi connectivity index (χ1) is 8.26. The van der Waals surface area contributed by atoms with Crippen molar-refractivity contribution in [3.63, 3.8) is 0 Å². The van der Waals surface area contributed by atoms with Crippen LogP contribution in [0.1, 0.15) is 22.4 Å². The molecule has 0 saturated carbocycles. The lowest BCUT2D eigenvalue weighted by molar-refractivity contribution is 0.401. The Kier molecular flexibility index (Phi) is 3.71. The third-order valence-corrected chi connectivity index (χ3v) is 3.31. The second kappa shape index (κ2) is 5.25. The SMILES string of the molecule is CNC(c1csc(C)n1)c1ncccc1OC. The van der Waals surface area contributed by atoms with Crippen LogP contribution in [0.15, 0.2) is 23.7 Å². The summed E-state index contributed by atoms with van der Waals surface area (Å²) in [6, 6.07) is 3.74. The molecular formula is C12H15N3OS.